The molecular weight excluding hydrogens is 268 g/mol. The third-order valence-corrected chi connectivity index (χ3v) is 4.79. The molecule has 1 aliphatic rings. The maximum Gasteiger partial charge on any atom is 0.0702 e. The number of benzene rings is 1. The van der Waals surface area contributed by atoms with E-state index in [9.17, 15) is 0 Å². The highest BCUT2D eigenvalue weighted by Gasteiger charge is 2.22. The van der Waals surface area contributed by atoms with Crippen LogP contribution in [0.5, 0.6) is 0 Å². The molecule has 1 aromatic heterocycles. The Labute approximate surface area is 125 Å². The minimum absolute atomic E-state index is 0.358. The summed E-state index contributed by atoms with van der Waals surface area (Å²) < 4.78 is 0. The minimum atomic E-state index is 0.358. The largest absolute Gasteiger partial charge is 0.312 e. The fraction of sp³-hybridized carbons (Fsp3) is 0.471. The Morgan fingerprint density at radius 3 is 3.00 bits per heavy atom. The van der Waals surface area contributed by atoms with Gasteiger partial charge in [0.2, 0.25) is 0 Å². The molecule has 3 rings (SSSR count). The molecule has 0 spiro atoms. The molecule has 0 aliphatic heterocycles. The molecule has 3 heteroatoms. The van der Waals surface area contributed by atoms with Crippen molar-refractivity contribution in [2.45, 2.75) is 37.6 Å². The van der Waals surface area contributed by atoms with Gasteiger partial charge in [0.25, 0.3) is 0 Å². The minimum Gasteiger partial charge on any atom is -0.312 e. The zero-order valence-electron chi connectivity index (χ0n) is 11.7. The molecular formula is C17H21ClN2. The molecule has 106 valence electrons. The van der Waals surface area contributed by atoms with Gasteiger partial charge in [-0.1, -0.05) is 25.0 Å². The summed E-state index contributed by atoms with van der Waals surface area (Å²) in [6.07, 6.45) is 6.90. The highest BCUT2D eigenvalue weighted by Crippen LogP contribution is 2.28. The molecule has 2 atom stereocenters. The Morgan fingerprint density at radius 2 is 2.10 bits per heavy atom. The van der Waals surface area contributed by atoms with E-state index in [0.717, 1.165) is 18.6 Å². The van der Waals surface area contributed by atoms with E-state index < -0.39 is 0 Å². The van der Waals surface area contributed by atoms with Gasteiger partial charge in [0.15, 0.2) is 0 Å². The number of rotatable bonds is 4. The number of alkyl halides is 1. The second-order valence-corrected chi connectivity index (χ2v) is 6.28. The Hall–Kier alpha value is -1.12. The predicted molar refractivity (Wildman–Crippen MR) is 85.0 cm³/mol. The molecule has 2 unspecified atom stereocenters. The van der Waals surface area contributed by atoms with E-state index in [2.05, 4.69) is 34.6 Å². The van der Waals surface area contributed by atoms with Crippen LogP contribution in [0.2, 0.25) is 0 Å². The first kappa shape index (κ1) is 13.8. The number of nitrogens with zero attached hydrogens (tertiary/aromatic N) is 1. The summed E-state index contributed by atoms with van der Waals surface area (Å²) in [6.45, 7) is 1.93. The Balaban J connectivity index is 1.56. The molecule has 1 saturated carbocycles. The zero-order chi connectivity index (χ0) is 13.8. The van der Waals surface area contributed by atoms with Crippen molar-refractivity contribution in [3.05, 3.63) is 42.1 Å². The van der Waals surface area contributed by atoms with Gasteiger partial charge in [0.1, 0.15) is 0 Å². The van der Waals surface area contributed by atoms with Crippen LogP contribution in [0.4, 0.5) is 0 Å². The number of pyridine rings is 1. The van der Waals surface area contributed by atoms with E-state index in [-0.39, 0.29) is 0 Å². The van der Waals surface area contributed by atoms with Crippen LogP contribution in [0.25, 0.3) is 10.9 Å². The van der Waals surface area contributed by atoms with Gasteiger partial charge in [0.05, 0.1) is 5.52 Å². The summed E-state index contributed by atoms with van der Waals surface area (Å²) in [7, 11) is 0. The lowest BCUT2D eigenvalue weighted by Gasteiger charge is -2.27. The van der Waals surface area contributed by atoms with Crippen molar-refractivity contribution in [1.29, 1.82) is 0 Å². The maximum atomic E-state index is 6.39. The number of nitrogens with one attached hydrogen (secondary N) is 1. The molecule has 0 saturated heterocycles. The van der Waals surface area contributed by atoms with Crippen LogP contribution in [-0.4, -0.2) is 16.9 Å². The quantitative estimate of drug-likeness (QED) is 0.856. The number of hydrogen-bond acceptors (Lipinski definition) is 2. The average Bonchev–Trinajstić information content (AvgIpc) is 2.49. The highest BCUT2D eigenvalue weighted by atomic mass is 35.5. The summed E-state index contributed by atoms with van der Waals surface area (Å²) in [5.74, 6) is 0.632. The number of aromatic nitrogens is 1. The summed E-state index contributed by atoms with van der Waals surface area (Å²) in [6, 6.07) is 10.6. The van der Waals surface area contributed by atoms with Gasteiger partial charge in [-0.15, -0.1) is 11.6 Å². The van der Waals surface area contributed by atoms with Gasteiger partial charge in [-0.25, -0.2) is 0 Å². The molecule has 0 radical (unpaired) electrons. The third-order valence-electron chi connectivity index (χ3n) is 4.22. The molecule has 1 fully saturated rings. The van der Waals surface area contributed by atoms with Gasteiger partial charge in [-0.3, -0.25) is 4.98 Å². The maximum absolute atomic E-state index is 6.39. The second-order valence-electron chi connectivity index (χ2n) is 5.72. The number of hydrogen-bond donors (Lipinski definition) is 1. The van der Waals surface area contributed by atoms with E-state index in [1.165, 1.54) is 36.6 Å². The number of fused-ring (bicyclic) bond motifs is 1. The summed E-state index contributed by atoms with van der Waals surface area (Å²) >= 11 is 6.39. The van der Waals surface area contributed by atoms with Crippen molar-refractivity contribution in [3.8, 4) is 0 Å². The lowest BCUT2D eigenvalue weighted by Crippen LogP contribution is -2.30. The van der Waals surface area contributed by atoms with Crippen LogP contribution in [-0.2, 0) is 6.54 Å². The normalized spacial score (nSPS) is 23.1. The van der Waals surface area contributed by atoms with Crippen molar-refractivity contribution in [1.82, 2.24) is 10.3 Å². The van der Waals surface area contributed by atoms with E-state index in [1.54, 1.807) is 0 Å². The van der Waals surface area contributed by atoms with Crippen LogP contribution >= 0.6 is 11.6 Å². The predicted octanol–water partition coefficient (Wildman–Crippen LogP) is 4.12. The molecule has 0 bridgehead atoms. The molecule has 0 amide bonds. The fourth-order valence-electron chi connectivity index (χ4n) is 3.03. The van der Waals surface area contributed by atoms with Gasteiger partial charge < -0.3 is 5.32 Å². The molecule has 1 aromatic carbocycles. The van der Waals surface area contributed by atoms with E-state index >= 15 is 0 Å². The Bertz CT molecular complexity index is 570. The highest BCUT2D eigenvalue weighted by molar-refractivity contribution is 6.20. The molecule has 2 aromatic rings. The topological polar surface area (TPSA) is 24.9 Å². The van der Waals surface area contributed by atoms with E-state index in [4.69, 9.17) is 11.6 Å². The molecule has 1 N–H and O–H groups in total. The van der Waals surface area contributed by atoms with E-state index in [0.29, 0.717) is 11.3 Å². The van der Waals surface area contributed by atoms with Crippen molar-refractivity contribution >= 4 is 22.5 Å². The monoisotopic (exact) mass is 288 g/mol. The zero-order valence-corrected chi connectivity index (χ0v) is 12.4. The Morgan fingerprint density at radius 1 is 1.20 bits per heavy atom. The first-order valence-electron chi connectivity index (χ1n) is 7.51. The van der Waals surface area contributed by atoms with Crippen LogP contribution in [0.1, 0.15) is 31.2 Å². The van der Waals surface area contributed by atoms with Gasteiger partial charge in [-0.2, -0.15) is 0 Å². The van der Waals surface area contributed by atoms with Crippen molar-refractivity contribution < 1.29 is 0 Å². The van der Waals surface area contributed by atoms with Crippen molar-refractivity contribution in [2.24, 2.45) is 5.92 Å². The van der Waals surface area contributed by atoms with Crippen LogP contribution in [0, 0.1) is 5.92 Å². The first-order valence-corrected chi connectivity index (χ1v) is 7.95. The number of halogens is 1. The fourth-order valence-corrected chi connectivity index (χ4v) is 3.40. The lowest BCUT2D eigenvalue weighted by atomic mass is 9.88. The second kappa shape index (κ2) is 6.55. The standard InChI is InChI=1S/C17H21ClN2/c18-16-6-2-1-4-15(16)12-19-11-13-7-8-17-14(10-13)5-3-9-20-17/h3,5,7-10,15-16,19H,1-2,4,6,11-12H2. The van der Waals surface area contributed by atoms with Crippen molar-refractivity contribution in [2.75, 3.05) is 6.54 Å². The van der Waals surface area contributed by atoms with Gasteiger partial charge >= 0.3 is 0 Å². The van der Waals surface area contributed by atoms with Crippen LogP contribution in [0.15, 0.2) is 36.5 Å². The molecule has 1 heterocycles. The van der Waals surface area contributed by atoms with Crippen LogP contribution < -0.4 is 5.32 Å². The average molecular weight is 289 g/mol. The third kappa shape index (κ3) is 3.31. The summed E-state index contributed by atoms with van der Waals surface area (Å²) in [5.41, 5.74) is 2.37. The summed E-state index contributed by atoms with van der Waals surface area (Å²) in [5, 5.41) is 5.13. The smallest absolute Gasteiger partial charge is 0.0702 e. The summed E-state index contributed by atoms with van der Waals surface area (Å²) in [4.78, 5) is 4.35. The Kier molecular flexibility index (Phi) is 4.54. The molecule has 1 aliphatic carbocycles. The van der Waals surface area contributed by atoms with Gasteiger partial charge in [0, 0.05) is 23.5 Å². The van der Waals surface area contributed by atoms with E-state index in [1.807, 2.05) is 12.3 Å². The SMILES string of the molecule is ClC1CCCCC1CNCc1ccc2ncccc2c1. The van der Waals surface area contributed by atoms with Crippen LogP contribution in [0.3, 0.4) is 0 Å². The molecule has 20 heavy (non-hydrogen) atoms. The van der Waals surface area contributed by atoms with Crippen molar-refractivity contribution in [3.63, 3.8) is 0 Å². The van der Waals surface area contributed by atoms with Gasteiger partial charge in [-0.05, 0) is 49.1 Å². The molecule has 2 nitrogen and oxygen atoms in total. The first-order chi connectivity index (χ1) is 9.83. The lowest BCUT2D eigenvalue weighted by molar-refractivity contribution is 0.348.